The zero-order valence-corrected chi connectivity index (χ0v) is 17.2. The summed E-state index contributed by atoms with van der Waals surface area (Å²) in [6.45, 7) is 3.84. The lowest BCUT2D eigenvalue weighted by molar-refractivity contribution is 0.0848. The van der Waals surface area contributed by atoms with Gasteiger partial charge in [0.15, 0.2) is 0 Å². The van der Waals surface area contributed by atoms with Crippen molar-refractivity contribution < 1.29 is 9.59 Å². The summed E-state index contributed by atoms with van der Waals surface area (Å²) in [5, 5.41) is 0.925. The van der Waals surface area contributed by atoms with Gasteiger partial charge in [-0.3, -0.25) is 20.4 Å². The average Bonchev–Trinajstić information content (AvgIpc) is 3.44. The Labute approximate surface area is 168 Å². The van der Waals surface area contributed by atoms with Crippen molar-refractivity contribution in [3.63, 3.8) is 0 Å². The molecule has 0 spiro atoms. The van der Waals surface area contributed by atoms with Gasteiger partial charge in [0, 0.05) is 21.3 Å². The number of amides is 2. The number of aryl methyl sites for hydroxylation is 2. The minimum Gasteiger partial charge on any atom is -0.267 e. The van der Waals surface area contributed by atoms with Crippen LogP contribution < -0.4 is 10.9 Å². The fraction of sp³-hybridized carbons (Fsp3) is 0.263. The Morgan fingerprint density at radius 3 is 2.41 bits per heavy atom. The molecule has 0 bridgehead atoms. The highest BCUT2D eigenvalue weighted by atomic mass is 79.9. The number of hydrazine groups is 1. The Bertz CT molecular complexity index is 1060. The topological polar surface area (TPSA) is 84.0 Å². The van der Waals surface area contributed by atoms with Crippen LogP contribution >= 0.6 is 27.3 Å². The lowest BCUT2D eigenvalue weighted by Gasteiger charge is -2.07. The molecule has 27 heavy (non-hydrogen) atoms. The number of nitrogens with one attached hydrogen (secondary N) is 2. The Kier molecular flexibility index (Phi) is 4.69. The van der Waals surface area contributed by atoms with Gasteiger partial charge in [-0.05, 0) is 56.5 Å². The van der Waals surface area contributed by atoms with Crippen molar-refractivity contribution in [1.82, 2.24) is 20.8 Å². The quantitative estimate of drug-likeness (QED) is 0.597. The van der Waals surface area contributed by atoms with E-state index in [9.17, 15) is 9.59 Å². The molecule has 1 aliphatic rings. The summed E-state index contributed by atoms with van der Waals surface area (Å²) in [5.41, 5.74) is 7.15. The first kappa shape index (κ1) is 18.1. The molecule has 1 fully saturated rings. The number of carbonyl (C=O) groups excluding carboxylic acids is 2. The molecular weight excluding hydrogens is 428 g/mol. The van der Waals surface area contributed by atoms with Crippen molar-refractivity contribution in [3.8, 4) is 0 Å². The third-order valence-electron chi connectivity index (χ3n) is 4.53. The zero-order chi connectivity index (χ0) is 19.1. The molecule has 6 nitrogen and oxygen atoms in total. The highest BCUT2D eigenvalue weighted by molar-refractivity contribution is 9.10. The molecule has 0 atom stereocenters. The van der Waals surface area contributed by atoms with Crippen LogP contribution in [0.4, 0.5) is 0 Å². The second kappa shape index (κ2) is 7.01. The van der Waals surface area contributed by atoms with Crippen LogP contribution in [0.1, 0.15) is 55.9 Å². The van der Waals surface area contributed by atoms with Crippen molar-refractivity contribution >= 4 is 49.3 Å². The van der Waals surface area contributed by atoms with Gasteiger partial charge >= 0.3 is 0 Å². The number of benzene rings is 1. The van der Waals surface area contributed by atoms with Crippen LogP contribution in [0, 0.1) is 13.8 Å². The molecule has 2 amide bonds. The van der Waals surface area contributed by atoms with Crippen LogP contribution in [0.2, 0.25) is 0 Å². The SMILES string of the molecule is Cc1nc(C2CC2)nc2sc(C(=O)NNC(=O)c3ccc(Br)cc3)c(C)c12. The first-order chi connectivity index (χ1) is 12.9. The van der Waals surface area contributed by atoms with E-state index in [0.717, 1.165) is 44.6 Å². The predicted octanol–water partition coefficient (Wildman–Crippen LogP) is 4.02. The van der Waals surface area contributed by atoms with E-state index in [-0.39, 0.29) is 11.8 Å². The van der Waals surface area contributed by atoms with E-state index in [4.69, 9.17) is 0 Å². The molecule has 2 heterocycles. The van der Waals surface area contributed by atoms with Gasteiger partial charge in [-0.15, -0.1) is 11.3 Å². The normalized spacial score (nSPS) is 13.6. The Balaban J connectivity index is 1.53. The number of fused-ring (bicyclic) bond motifs is 1. The van der Waals surface area contributed by atoms with E-state index in [0.29, 0.717) is 16.4 Å². The standard InChI is InChI=1S/C19H17BrN4O2S/c1-9-14-10(2)21-16(11-3-4-11)22-19(14)27-15(9)18(26)24-23-17(25)12-5-7-13(20)8-6-12/h5-8,11H,3-4H2,1-2H3,(H,23,25)(H,24,26). The number of aromatic nitrogens is 2. The number of hydrogen-bond donors (Lipinski definition) is 2. The lowest BCUT2D eigenvalue weighted by atomic mass is 10.1. The second-order valence-electron chi connectivity index (χ2n) is 6.59. The summed E-state index contributed by atoms with van der Waals surface area (Å²) in [5.74, 6) is 0.602. The van der Waals surface area contributed by atoms with E-state index >= 15 is 0 Å². The van der Waals surface area contributed by atoms with Gasteiger partial charge in [-0.1, -0.05) is 15.9 Å². The Hall–Kier alpha value is -2.32. The maximum atomic E-state index is 12.6. The summed E-state index contributed by atoms with van der Waals surface area (Å²) in [7, 11) is 0. The van der Waals surface area contributed by atoms with E-state index in [1.54, 1.807) is 24.3 Å². The molecule has 138 valence electrons. The van der Waals surface area contributed by atoms with Gasteiger partial charge in [0.05, 0.1) is 10.6 Å². The van der Waals surface area contributed by atoms with E-state index in [2.05, 4.69) is 36.7 Å². The van der Waals surface area contributed by atoms with E-state index in [1.807, 2.05) is 13.8 Å². The van der Waals surface area contributed by atoms with Gasteiger partial charge in [0.1, 0.15) is 10.7 Å². The minimum absolute atomic E-state index is 0.353. The molecule has 3 aromatic rings. The van der Waals surface area contributed by atoms with Crippen molar-refractivity contribution in [1.29, 1.82) is 0 Å². The highest BCUT2D eigenvalue weighted by Crippen LogP contribution is 2.40. The fourth-order valence-electron chi connectivity index (χ4n) is 2.94. The number of nitrogens with zero attached hydrogens (tertiary/aromatic N) is 2. The molecular formula is C19H17BrN4O2S. The molecule has 2 N–H and O–H groups in total. The lowest BCUT2D eigenvalue weighted by Crippen LogP contribution is -2.41. The minimum atomic E-state index is -0.374. The van der Waals surface area contributed by atoms with Crippen molar-refractivity contribution in [2.75, 3.05) is 0 Å². The summed E-state index contributed by atoms with van der Waals surface area (Å²) in [6, 6.07) is 6.89. The van der Waals surface area contributed by atoms with Crippen LogP contribution in [0.3, 0.4) is 0 Å². The number of thiophene rings is 1. The molecule has 4 rings (SSSR count). The van der Waals surface area contributed by atoms with Crippen LogP contribution in [0.25, 0.3) is 10.2 Å². The first-order valence-corrected chi connectivity index (χ1v) is 10.2. The molecule has 0 radical (unpaired) electrons. The zero-order valence-electron chi connectivity index (χ0n) is 14.8. The molecule has 8 heteroatoms. The van der Waals surface area contributed by atoms with Crippen LogP contribution in [-0.4, -0.2) is 21.8 Å². The average molecular weight is 445 g/mol. The Morgan fingerprint density at radius 2 is 1.74 bits per heavy atom. The summed E-state index contributed by atoms with van der Waals surface area (Å²) in [6.07, 6.45) is 2.26. The van der Waals surface area contributed by atoms with Crippen LogP contribution in [0.15, 0.2) is 28.7 Å². The van der Waals surface area contributed by atoms with E-state index in [1.165, 1.54) is 11.3 Å². The van der Waals surface area contributed by atoms with Gasteiger partial charge < -0.3 is 0 Å². The van der Waals surface area contributed by atoms with Crippen LogP contribution in [-0.2, 0) is 0 Å². The second-order valence-corrected chi connectivity index (χ2v) is 8.51. The molecule has 0 unspecified atom stereocenters. The smallest absolute Gasteiger partial charge is 0.267 e. The number of hydrogen-bond acceptors (Lipinski definition) is 5. The van der Waals surface area contributed by atoms with Gasteiger partial charge in [0.25, 0.3) is 11.8 Å². The Morgan fingerprint density at radius 1 is 1.07 bits per heavy atom. The predicted molar refractivity (Wildman–Crippen MR) is 108 cm³/mol. The number of rotatable bonds is 3. The fourth-order valence-corrected chi connectivity index (χ4v) is 4.34. The summed E-state index contributed by atoms with van der Waals surface area (Å²) < 4.78 is 0.881. The van der Waals surface area contributed by atoms with Crippen LogP contribution in [0.5, 0.6) is 0 Å². The largest absolute Gasteiger partial charge is 0.280 e. The van der Waals surface area contributed by atoms with Crippen molar-refractivity contribution in [2.24, 2.45) is 0 Å². The third kappa shape index (κ3) is 3.59. The summed E-state index contributed by atoms with van der Waals surface area (Å²) in [4.78, 5) is 35.4. The summed E-state index contributed by atoms with van der Waals surface area (Å²) >= 11 is 4.66. The van der Waals surface area contributed by atoms with E-state index < -0.39 is 0 Å². The maximum Gasteiger partial charge on any atom is 0.280 e. The molecule has 1 saturated carbocycles. The monoisotopic (exact) mass is 444 g/mol. The number of halogens is 1. The third-order valence-corrected chi connectivity index (χ3v) is 6.25. The molecule has 2 aromatic heterocycles. The van der Waals surface area contributed by atoms with Gasteiger partial charge in [0.2, 0.25) is 0 Å². The molecule has 0 saturated heterocycles. The number of carbonyl (C=O) groups is 2. The molecule has 1 aliphatic carbocycles. The van der Waals surface area contributed by atoms with Gasteiger partial charge in [-0.2, -0.15) is 0 Å². The first-order valence-electron chi connectivity index (χ1n) is 8.58. The molecule has 1 aromatic carbocycles. The van der Waals surface area contributed by atoms with Crippen molar-refractivity contribution in [2.45, 2.75) is 32.6 Å². The van der Waals surface area contributed by atoms with Gasteiger partial charge in [-0.25, -0.2) is 9.97 Å². The maximum absolute atomic E-state index is 12.6. The highest BCUT2D eigenvalue weighted by Gasteiger charge is 2.28. The molecule has 0 aliphatic heterocycles. The van der Waals surface area contributed by atoms with Crippen molar-refractivity contribution in [3.05, 3.63) is 56.3 Å².